The summed E-state index contributed by atoms with van der Waals surface area (Å²) in [5.74, 6) is -0.332. The predicted molar refractivity (Wildman–Crippen MR) is 39.4 cm³/mol. The van der Waals surface area contributed by atoms with Crippen molar-refractivity contribution >= 4 is 5.91 Å². The first kappa shape index (κ1) is 9.43. The molecule has 0 bridgehead atoms. The molecule has 1 unspecified atom stereocenters. The van der Waals surface area contributed by atoms with Crippen molar-refractivity contribution in [2.75, 3.05) is 7.11 Å². The van der Waals surface area contributed by atoms with E-state index in [0.717, 1.165) is 0 Å². The summed E-state index contributed by atoms with van der Waals surface area (Å²) in [4.78, 5) is 10.8. The first-order valence-electron chi connectivity index (χ1n) is 3.25. The normalized spacial score (nSPS) is 14.8. The Bertz CT molecular complexity index is 132. The monoisotopic (exact) mass is 145 g/mol. The molecule has 0 aromatic heterocycles. The molecule has 0 heterocycles. The average Bonchev–Trinajstić information content (AvgIpc) is 1.86. The topological polar surface area (TPSA) is 52.3 Å². The largest absolute Gasteiger partial charge is 0.381 e. The van der Waals surface area contributed by atoms with Crippen molar-refractivity contribution in [3.63, 3.8) is 0 Å². The molecule has 0 aliphatic rings. The highest BCUT2D eigenvalue weighted by Crippen LogP contribution is 2.21. The van der Waals surface area contributed by atoms with Gasteiger partial charge in [0.25, 0.3) is 0 Å². The lowest BCUT2D eigenvalue weighted by molar-refractivity contribution is -0.132. The smallest absolute Gasteiger partial charge is 0.225 e. The molecule has 10 heavy (non-hydrogen) atoms. The Morgan fingerprint density at radius 2 is 2.00 bits per heavy atom. The number of carbonyl (C=O) groups excluding carboxylic acids is 1. The lowest BCUT2D eigenvalue weighted by atomic mass is 9.87. The van der Waals surface area contributed by atoms with Crippen LogP contribution in [-0.4, -0.2) is 19.1 Å². The van der Waals surface area contributed by atoms with Crippen molar-refractivity contribution in [2.24, 2.45) is 11.1 Å². The fraction of sp³-hybridized carbons (Fsp3) is 0.857. The molecule has 3 heteroatoms. The Labute approximate surface area is 61.5 Å². The summed E-state index contributed by atoms with van der Waals surface area (Å²) in [6, 6.07) is 0. The number of amides is 1. The molecule has 3 nitrogen and oxygen atoms in total. The molecule has 0 aromatic rings. The molecule has 0 aliphatic heterocycles. The van der Waals surface area contributed by atoms with Gasteiger partial charge in [-0.2, -0.15) is 0 Å². The summed E-state index contributed by atoms with van der Waals surface area (Å²) >= 11 is 0. The SMILES string of the molecule is COC(C)C(C)(C)C(N)=O. The third-order valence-electron chi connectivity index (χ3n) is 2.00. The Balaban J connectivity index is 4.23. The van der Waals surface area contributed by atoms with Gasteiger partial charge in [-0.15, -0.1) is 0 Å². The maximum absolute atomic E-state index is 10.8. The number of nitrogens with two attached hydrogens (primary N) is 1. The predicted octanol–water partition coefficient (Wildman–Crippen LogP) is 0.533. The van der Waals surface area contributed by atoms with Crippen LogP contribution in [-0.2, 0) is 9.53 Å². The Morgan fingerprint density at radius 3 is 2.10 bits per heavy atom. The van der Waals surface area contributed by atoms with E-state index < -0.39 is 5.41 Å². The second-order valence-electron chi connectivity index (χ2n) is 2.96. The maximum atomic E-state index is 10.8. The van der Waals surface area contributed by atoms with Crippen LogP contribution in [0.25, 0.3) is 0 Å². The van der Waals surface area contributed by atoms with E-state index in [1.165, 1.54) is 0 Å². The zero-order chi connectivity index (χ0) is 8.36. The van der Waals surface area contributed by atoms with Gasteiger partial charge < -0.3 is 10.5 Å². The molecule has 0 rings (SSSR count). The van der Waals surface area contributed by atoms with Crippen molar-refractivity contribution in [1.29, 1.82) is 0 Å². The van der Waals surface area contributed by atoms with E-state index in [-0.39, 0.29) is 12.0 Å². The molecule has 0 aliphatic carbocycles. The molecule has 0 radical (unpaired) electrons. The number of rotatable bonds is 3. The number of primary amides is 1. The minimum atomic E-state index is -0.575. The first-order chi connectivity index (χ1) is 4.42. The fourth-order valence-electron chi connectivity index (χ4n) is 0.495. The van der Waals surface area contributed by atoms with Crippen LogP contribution in [0.15, 0.2) is 0 Å². The minimum Gasteiger partial charge on any atom is -0.381 e. The van der Waals surface area contributed by atoms with E-state index in [1.54, 1.807) is 21.0 Å². The number of hydrogen-bond acceptors (Lipinski definition) is 2. The first-order valence-corrected chi connectivity index (χ1v) is 3.25. The lowest BCUT2D eigenvalue weighted by Gasteiger charge is -2.26. The van der Waals surface area contributed by atoms with Crippen LogP contribution in [0.4, 0.5) is 0 Å². The Morgan fingerprint density at radius 1 is 1.60 bits per heavy atom. The summed E-state index contributed by atoms with van der Waals surface area (Å²) in [6.45, 7) is 5.36. The van der Waals surface area contributed by atoms with Crippen molar-refractivity contribution in [1.82, 2.24) is 0 Å². The molecule has 0 saturated heterocycles. The van der Waals surface area contributed by atoms with Crippen molar-refractivity contribution in [2.45, 2.75) is 26.9 Å². The molecule has 0 fully saturated rings. The maximum Gasteiger partial charge on any atom is 0.225 e. The van der Waals surface area contributed by atoms with E-state index >= 15 is 0 Å². The van der Waals surface area contributed by atoms with Crippen molar-refractivity contribution < 1.29 is 9.53 Å². The minimum absolute atomic E-state index is 0.134. The van der Waals surface area contributed by atoms with E-state index in [9.17, 15) is 4.79 Å². The van der Waals surface area contributed by atoms with Crippen molar-refractivity contribution in [3.8, 4) is 0 Å². The third kappa shape index (κ3) is 1.70. The van der Waals surface area contributed by atoms with Crippen molar-refractivity contribution in [3.05, 3.63) is 0 Å². The van der Waals surface area contributed by atoms with Gasteiger partial charge >= 0.3 is 0 Å². The van der Waals surface area contributed by atoms with E-state index in [0.29, 0.717) is 0 Å². The molecular weight excluding hydrogens is 130 g/mol. The van der Waals surface area contributed by atoms with Crippen LogP contribution in [0.3, 0.4) is 0 Å². The van der Waals surface area contributed by atoms with E-state index in [2.05, 4.69) is 0 Å². The van der Waals surface area contributed by atoms with Crippen LogP contribution in [0.1, 0.15) is 20.8 Å². The quantitative estimate of drug-likeness (QED) is 0.630. The van der Waals surface area contributed by atoms with Gasteiger partial charge in [0, 0.05) is 7.11 Å². The van der Waals surface area contributed by atoms with Gasteiger partial charge in [0.15, 0.2) is 0 Å². The molecule has 2 N–H and O–H groups in total. The third-order valence-corrected chi connectivity index (χ3v) is 2.00. The van der Waals surface area contributed by atoms with Gasteiger partial charge in [0.2, 0.25) is 5.91 Å². The molecular formula is C7H15NO2. The van der Waals surface area contributed by atoms with Crippen LogP contribution in [0.5, 0.6) is 0 Å². The number of hydrogen-bond donors (Lipinski definition) is 1. The number of methoxy groups -OCH3 is 1. The van der Waals surface area contributed by atoms with Gasteiger partial charge in [-0.25, -0.2) is 0 Å². The summed E-state index contributed by atoms with van der Waals surface area (Å²) in [5, 5.41) is 0. The summed E-state index contributed by atoms with van der Waals surface area (Å²) in [5.41, 5.74) is 4.55. The molecule has 0 saturated carbocycles. The molecule has 0 aromatic carbocycles. The Kier molecular flexibility index (Phi) is 2.84. The average molecular weight is 145 g/mol. The summed E-state index contributed by atoms with van der Waals surface area (Å²) in [6.07, 6.45) is -0.134. The van der Waals surface area contributed by atoms with E-state index in [4.69, 9.17) is 10.5 Å². The Hall–Kier alpha value is -0.570. The standard InChI is InChI=1S/C7H15NO2/c1-5(10-4)7(2,3)6(8)9/h5H,1-4H3,(H2,8,9). The molecule has 1 amide bonds. The molecule has 1 atom stereocenters. The van der Waals surface area contributed by atoms with Gasteiger partial charge in [-0.3, -0.25) is 4.79 Å². The van der Waals surface area contributed by atoms with Gasteiger partial charge in [-0.1, -0.05) is 0 Å². The second-order valence-corrected chi connectivity index (χ2v) is 2.96. The van der Waals surface area contributed by atoms with Gasteiger partial charge in [-0.05, 0) is 20.8 Å². The van der Waals surface area contributed by atoms with Crippen LogP contribution >= 0.6 is 0 Å². The summed E-state index contributed by atoms with van der Waals surface area (Å²) < 4.78 is 4.98. The van der Waals surface area contributed by atoms with Crippen LogP contribution in [0, 0.1) is 5.41 Å². The fourth-order valence-corrected chi connectivity index (χ4v) is 0.495. The highest BCUT2D eigenvalue weighted by molar-refractivity contribution is 5.80. The van der Waals surface area contributed by atoms with Gasteiger partial charge in [0.05, 0.1) is 11.5 Å². The van der Waals surface area contributed by atoms with Crippen LogP contribution < -0.4 is 5.73 Å². The zero-order valence-corrected chi connectivity index (χ0v) is 6.97. The lowest BCUT2D eigenvalue weighted by Crippen LogP contribution is -2.41. The molecule has 60 valence electrons. The van der Waals surface area contributed by atoms with Gasteiger partial charge in [0.1, 0.15) is 0 Å². The zero-order valence-electron chi connectivity index (χ0n) is 6.97. The van der Waals surface area contributed by atoms with Crippen LogP contribution in [0.2, 0.25) is 0 Å². The molecule has 0 spiro atoms. The highest BCUT2D eigenvalue weighted by atomic mass is 16.5. The second kappa shape index (κ2) is 3.01. The highest BCUT2D eigenvalue weighted by Gasteiger charge is 2.31. The summed E-state index contributed by atoms with van der Waals surface area (Å²) in [7, 11) is 1.56. The number of ether oxygens (including phenoxy) is 1. The van der Waals surface area contributed by atoms with E-state index in [1.807, 2.05) is 6.92 Å². The number of carbonyl (C=O) groups is 1.